The Morgan fingerprint density at radius 2 is 1.85 bits per heavy atom. The molecule has 0 atom stereocenters. The van der Waals surface area contributed by atoms with Crippen LogP contribution in [0.25, 0.3) is 22.2 Å². The van der Waals surface area contributed by atoms with Gasteiger partial charge in [0.2, 0.25) is 0 Å². The Labute approximate surface area is 157 Å². The summed E-state index contributed by atoms with van der Waals surface area (Å²) < 4.78 is 13.3. The minimum atomic E-state index is -0.958. The molecule has 1 aromatic heterocycles. The quantitative estimate of drug-likeness (QED) is 0.641. The molecule has 1 heterocycles. The van der Waals surface area contributed by atoms with Crippen molar-refractivity contribution in [2.45, 2.75) is 25.7 Å². The first-order chi connectivity index (χ1) is 13.1. The Hall–Kier alpha value is -2.95. The number of hydrogen-bond donors (Lipinski definition) is 2. The lowest BCUT2D eigenvalue weighted by Gasteiger charge is -2.16. The Bertz CT molecular complexity index is 980. The molecule has 0 radical (unpaired) electrons. The number of rotatable bonds is 5. The van der Waals surface area contributed by atoms with Crippen LogP contribution in [0.4, 0.5) is 10.1 Å². The van der Waals surface area contributed by atoms with Crippen LogP contribution in [0.15, 0.2) is 48.5 Å². The Kier molecular flexibility index (Phi) is 4.75. The van der Waals surface area contributed by atoms with Crippen molar-refractivity contribution in [1.29, 1.82) is 0 Å². The molecule has 0 amide bonds. The second-order valence-electron chi connectivity index (χ2n) is 7.14. The normalized spacial score (nSPS) is 14.6. The minimum Gasteiger partial charge on any atom is -0.478 e. The maximum Gasteiger partial charge on any atom is 0.335 e. The second-order valence-corrected chi connectivity index (χ2v) is 7.14. The van der Waals surface area contributed by atoms with Gasteiger partial charge in [-0.25, -0.2) is 14.2 Å². The van der Waals surface area contributed by atoms with Crippen molar-refractivity contribution in [3.05, 3.63) is 59.9 Å². The summed E-state index contributed by atoms with van der Waals surface area (Å²) in [5, 5.41) is 13.5. The van der Waals surface area contributed by atoms with Gasteiger partial charge in [-0.3, -0.25) is 0 Å². The highest BCUT2D eigenvalue weighted by Gasteiger charge is 2.17. The average molecular weight is 364 g/mol. The molecule has 138 valence electrons. The average Bonchev–Trinajstić information content (AvgIpc) is 3.19. The number of pyridine rings is 1. The molecule has 3 aromatic rings. The predicted octanol–water partition coefficient (Wildman–Crippen LogP) is 5.34. The van der Waals surface area contributed by atoms with Gasteiger partial charge >= 0.3 is 5.97 Å². The van der Waals surface area contributed by atoms with Gasteiger partial charge in [0.15, 0.2) is 0 Å². The Morgan fingerprint density at radius 3 is 2.56 bits per heavy atom. The molecule has 0 unspecified atom stereocenters. The van der Waals surface area contributed by atoms with E-state index in [4.69, 9.17) is 4.98 Å². The first-order valence-corrected chi connectivity index (χ1v) is 9.28. The third-order valence-electron chi connectivity index (χ3n) is 5.24. The summed E-state index contributed by atoms with van der Waals surface area (Å²) in [5.74, 6) is -0.599. The molecule has 27 heavy (non-hydrogen) atoms. The number of nitrogens with zero attached hydrogens (tertiary/aromatic N) is 1. The van der Waals surface area contributed by atoms with Gasteiger partial charge < -0.3 is 10.4 Å². The number of aromatic carboxylic acids is 1. The molecule has 0 aliphatic heterocycles. The van der Waals surface area contributed by atoms with Crippen molar-refractivity contribution < 1.29 is 14.3 Å². The molecule has 5 heteroatoms. The molecule has 0 saturated heterocycles. The third kappa shape index (κ3) is 3.77. The SMILES string of the molecule is O=C(O)c1ccc2nc(-c3ccc(F)cc3)c(NCC3CCCC3)cc2c1. The van der Waals surface area contributed by atoms with E-state index in [9.17, 15) is 14.3 Å². The van der Waals surface area contributed by atoms with E-state index in [-0.39, 0.29) is 11.4 Å². The highest BCUT2D eigenvalue weighted by Crippen LogP contribution is 2.32. The number of nitrogens with one attached hydrogen (secondary N) is 1. The molecule has 1 aliphatic carbocycles. The summed E-state index contributed by atoms with van der Waals surface area (Å²) in [6.07, 6.45) is 5.00. The molecule has 0 spiro atoms. The fraction of sp³-hybridized carbons (Fsp3) is 0.273. The number of carbonyl (C=O) groups is 1. The van der Waals surface area contributed by atoms with Crippen LogP contribution >= 0.6 is 0 Å². The highest BCUT2D eigenvalue weighted by molar-refractivity contribution is 5.95. The number of carboxylic acids is 1. The van der Waals surface area contributed by atoms with Gasteiger partial charge in [0.25, 0.3) is 0 Å². The van der Waals surface area contributed by atoms with Crippen molar-refractivity contribution in [3.8, 4) is 11.3 Å². The number of hydrogen-bond acceptors (Lipinski definition) is 3. The molecular weight excluding hydrogens is 343 g/mol. The third-order valence-corrected chi connectivity index (χ3v) is 5.24. The van der Waals surface area contributed by atoms with Crippen molar-refractivity contribution in [1.82, 2.24) is 4.98 Å². The number of aromatic nitrogens is 1. The first-order valence-electron chi connectivity index (χ1n) is 9.28. The first kappa shape index (κ1) is 17.5. The molecule has 4 nitrogen and oxygen atoms in total. The molecule has 1 saturated carbocycles. The van der Waals surface area contributed by atoms with Gasteiger partial charge in [-0.05, 0) is 67.3 Å². The second kappa shape index (κ2) is 7.35. The van der Waals surface area contributed by atoms with Gasteiger partial charge in [-0.15, -0.1) is 0 Å². The van der Waals surface area contributed by atoms with E-state index in [1.807, 2.05) is 6.07 Å². The number of carboxylic acid groups (broad SMARTS) is 1. The topological polar surface area (TPSA) is 62.2 Å². The maximum absolute atomic E-state index is 13.3. The summed E-state index contributed by atoms with van der Waals surface area (Å²) in [6, 6.07) is 13.1. The molecule has 1 aliphatic rings. The standard InChI is InChI=1S/C22H21FN2O2/c23-18-8-5-15(6-9-18)21-20(24-13-14-3-1-2-4-14)12-17-11-16(22(26)27)7-10-19(17)25-21/h5-12,14,24H,1-4,13H2,(H,26,27). The van der Waals surface area contributed by atoms with Crippen molar-refractivity contribution in [2.24, 2.45) is 5.92 Å². The van der Waals surface area contributed by atoms with E-state index in [0.717, 1.165) is 28.9 Å². The van der Waals surface area contributed by atoms with Crippen molar-refractivity contribution in [3.63, 3.8) is 0 Å². The Morgan fingerprint density at radius 1 is 1.11 bits per heavy atom. The summed E-state index contributed by atoms with van der Waals surface area (Å²) in [5.41, 5.74) is 3.38. The smallest absolute Gasteiger partial charge is 0.335 e. The summed E-state index contributed by atoms with van der Waals surface area (Å²) in [6.45, 7) is 0.861. The minimum absolute atomic E-state index is 0.237. The van der Waals surface area contributed by atoms with E-state index in [1.54, 1.807) is 30.3 Å². The lowest BCUT2D eigenvalue weighted by Crippen LogP contribution is -2.12. The fourth-order valence-corrected chi connectivity index (χ4v) is 3.74. The van der Waals surface area contributed by atoms with Crippen molar-refractivity contribution >= 4 is 22.6 Å². The van der Waals surface area contributed by atoms with E-state index in [1.165, 1.54) is 37.8 Å². The van der Waals surface area contributed by atoms with Crippen LogP contribution in [0.2, 0.25) is 0 Å². The molecular formula is C22H21FN2O2. The highest BCUT2D eigenvalue weighted by atomic mass is 19.1. The maximum atomic E-state index is 13.3. The largest absolute Gasteiger partial charge is 0.478 e. The number of fused-ring (bicyclic) bond motifs is 1. The predicted molar refractivity (Wildman–Crippen MR) is 105 cm³/mol. The van der Waals surface area contributed by atoms with Gasteiger partial charge in [0.1, 0.15) is 5.82 Å². The van der Waals surface area contributed by atoms with Crippen LogP contribution in [0.3, 0.4) is 0 Å². The molecule has 0 bridgehead atoms. The summed E-state index contributed by atoms with van der Waals surface area (Å²) in [7, 11) is 0. The van der Waals surface area contributed by atoms with Crippen molar-refractivity contribution in [2.75, 3.05) is 11.9 Å². The Balaban J connectivity index is 1.77. The molecule has 2 N–H and O–H groups in total. The number of anilines is 1. The zero-order chi connectivity index (χ0) is 18.8. The van der Waals surface area contributed by atoms with E-state index in [2.05, 4.69) is 5.32 Å². The van der Waals surface area contributed by atoms with Gasteiger partial charge in [0.05, 0.1) is 22.5 Å². The number of benzene rings is 2. The molecule has 1 fully saturated rings. The van der Waals surface area contributed by atoms with E-state index >= 15 is 0 Å². The molecule has 4 rings (SSSR count). The van der Waals surface area contributed by atoms with E-state index in [0.29, 0.717) is 11.4 Å². The monoisotopic (exact) mass is 364 g/mol. The lowest BCUT2D eigenvalue weighted by molar-refractivity contribution is 0.0697. The van der Waals surface area contributed by atoms with E-state index < -0.39 is 5.97 Å². The van der Waals surface area contributed by atoms with Crippen LogP contribution in [-0.2, 0) is 0 Å². The zero-order valence-electron chi connectivity index (χ0n) is 14.9. The molecule has 2 aromatic carbocycles. The fourth-order valence-electron chi connectivity index (χ4n) is 3.74. The lowest BCUT2D eigenvalue weighted by atomic mass is 10.0. The zero-order valence-corrected chi connectivity index (χ0v) is 14.9. The van der Waals surface area contributed by atoms with Crippen LogP contribution in [-0.4, -0.2) is 22.6 Å². The van der Waals surface area contributed by atoms with Crippen LogP contribution < -0.4 is 5.32 Å². The van der Waals surface area contributed by atoms with Crippen LogP contribution in [0.1, 0.15) is 36.0 Å². The van der Waals surface area contributed by atoms with Gasteiger partial charge in [0, 0.05) is 17.5 Å². The van der Waals surface area contributed by atoms with Crippen LogP contribution in [0, 0.1) is 11.7 Å². The summed E-state index contributed by atoms with van der Waals surface area (Å²) in [4.78, 5) is 16.0. The summed E-state index contributed by atoms with van der Waals surface area (Å²) >= 11 is 0. The van der Waals surface area contributed by atoms with Gasteiger partial charge in [-0.2, -0.15) is 0 Å². The van der Waals surface area contributed by atoms with Gasteiger partial charge in [-0.1, -0.05) is 12.8 Å². The van der Waals surface area contributed by atoms with Crippen LogP contribution in [0.5, 0.6) is 0 Å². The number of halogens is 1.